The molecule has 1 amide bonds. The molecule has 0 aliphatic rings. The van der Waals surface area contributed by atoms with Crippen LogP contribution in [0.15, 0.2) is 28.0 Å². The van der Waals surface area contributed by atoms with Gasteiger partial charge in [-0.3, -0.25) is 10.1 Å². The van der Waals surface area contributed by atoms with Crippen molar-refractivity contribution < 1.29 is 18.0 Å². The third-order valence-corrected chi connectivity index (χ3v) is 3.43. The maximum absolute atomic E-state index is 13.5. The largest absolute Gasteiger partial charge is 0.401 e. The highest BCUT2D eigenvalue weighted by atomic mass is 32.1. The molecule has 112 valence electrons. The lowest BCUT2D eigenvalue weighted by Crippen LogP contribution is -2.14. The second kappa shape index (κ2) is 5.60. The molecule has 0 unspecified atom stereocenters. The molecule has 0 bridgehead atoms. The summed E-state index contributed by atoms with van der Waals surface area (Å²) in [4.78, 5) is 16.0. The first-order valence-electron chi connectivity index (χ1n) is 6.05. The molecule has 0 saturated carbocycles. The fraction of sp³-hybridized carbons (Fsp3) is 0.0769. The number of hydrogen-bond acceptors (Lipinski definition) is 6. The van der Waals surface area contributed by atoms with Gasteiger partial charge in [-0.05, 0) is 19.1 Å². The summed E-state index contributed by atoms with van der Waals surface area (Å²) in [6.07, 6.45) is 0. The zero-order valence-corrected chi connectivity index (χ0v) is 11.9. The topological polar surface area (TPSA) is 80.9 Å². The van der Waals surface area contributed by atoms with Crippen molar-refractivity contribution in [3.63, 3.8) is 0 Å². The van der Waals surface area contributed by atoms with Crippen molar-refractivity contribution >= 4 is 23.3 Å². The number of hydrogen-bond donors (Lipinski definition) is 1. The van der Waals surface area contributed by atoms with Gasteiger partial charge in [0.15, 0.2) is 0 Å². The summed E-state index contributed by atoms with van der Waals surface area (Å²) in [6.45, 7) is 1.82. The minimum absolute atomic E-state index is 0.138. The number of nitrogens with one attached hydrogen (secondary N) is 1. The van der Waals surface area contributed by atoms with Crippen LogP contribution < -0.4 is 5.32 Å². The van der Waals surface area contributed by atoms with Gasteiger partial charge in [-0.15, -0.1) is 16.4 Å². The molecule has 6 nitrogen and oxygen atoms in total. The van der Waals surface area contributed by atoms with Crippen LogP contribution in [0.5, 0.6) is 0 Å². The molecule has 2 heterocycles. The Bertz CT molecular complexity index is 846. The quantitative estimate of drug-likeness (QED) is 0.801. The Morgan fingerprint density at radius 3 is 2.82 bits per heavy atom. The molecule has 3 rings (SSSR count). The highest BCUT2D eigenvalue weighted by molar-refractivity contribution is 7.09. The first-order chi connectivity index (χ1) is 10.5. The average molecular weight is 322 g/mol. The summed E-state index contributed by atoms with van der Waals surface area (Å²) in [5.74, 6) is -2.43. The van der Waals surface area contributed by atoms with Gasteiger partial charge in [0.1, 0.15) is 17.3 Å². The van der Waals surface area contributed by atoms with Crippen LogP contribution in [0.4, 0.5) is 14.8 Å². The molecule has 22 heavy (non-hydrogen) atoms. The second-order valence-electron chi connectivity index (χ2n) is 4.24. The summed E-state index contributed by atoms with van der Waals surface area (Å²) in [5, 5.41) is 12.2. The minimum atomic E-state index is -0.979. The van der Waals surface area contributed by atoms with Crippen molar-refractivity contribution in [2.24, 2.45) is 0 Å². The number of carbonyl (C=O) groups excluding carboxylic acids is 1. The smallest absolute Gasteiger partial charge is 0.322 e. The van der Waals surface area contributed by atoms with Crippen LogP contribution in [0.1, 0.15) is 15.4 Å². The number of carbonyl (C=O) groups is 1. The van der Waals surface area contributed by atoms with E-state index in [4.69, 9.17) is 4.42 Å². The third kappa shape index (κ3) is 2.84. The molecule has 0 saturated heterocycles. The number of thiazole rings is 1. The zero-order chi connectivity index (χ0) is 15.7. The fourth-order valence-corrected chi connectivity index (χ4v) is 2.26. The highest BCUT2D eigenvalue weighted by Crippen LogP contribution is 2.22. The van der Waals surface area contributed by atoms with Crippen LogP contribution in [0.25, 0.3) is 11.6 Å². The number of benzene rings is 1. The number of aryl methyl sites for hydroxylation is 1. The van der Waals surface area contributed by atoms with E-state index in [1.54, 1.807) is 5.38 Å². The van der Waals surface area contributed by atoms with Gasteiger partial charge in [0, 0.05) is 11.4 Å². The monoisotopic (exact) mass is 322 g/mol. The lowest BCUT2D eigenvalue weighted by Gasteiger charge is -2.01. The molecule has 1 N–H and O–H groups in total. The summed E-state index contributed by atoms with van der Waals surface area (Å²) in [6, 6.07) is 2.43. The lowest BCUT2D eigenvalue weighted by atomic mass is 10.2. The van der Waals surface area contributed by atoms with E-state index in [0.717, 1.165) is 17.1 Å². The average Bonchev–Trinajstić information content (AvgIpc) is 3.07. The number of aromatic nitrogens is 3. The molecule has 0 atom stereocenters. The van der Waals surface area contributed by atoms with Crippen LogP contribution >= 0.6 is 11.3 Å². The molecule has 3 aromatic rings. The van der Waals surface area contributed by atoms with Crippen molar-refractivity contribution in [1.82, 2.24) is 15.2 Å². The SMILES string of the molecule is Cc1nc(-c2nnc(NC(=O)c3ccc(F)cc3F)o2)cs1. The Morgan fingerprint density at radius 1 is 1.32 bits per heavy atom. The summed E-state index contributed by atoms with van der Waals surface area (Å²) < 4.78 is 31.5. The van der Waals surface area contributed by atoms with E-state index in [9.17, 15) is 13.6 Å². The number of rotatable bonds is 3. The van der Waals surface area contributed by atoms with Crippen molar-refractivity contribution in [2.45, 2.75) is 6.92 Å². The molecule has 0 aliphatic heterocycles. The number of nitrogens with zero attached hydrogens (tertiary/aromatic N) is 3. The lowest BCUT2D eigenvalue weighted by molar-refractivity contribution is 0.102. The van der Waals surface area contributed by atoms with Crippen LogP contribution in [0, 0.1) is 18.6 Å². The molecule has 0 spiro atoms. The number of amides is 1. The van der Waals surface area contributed by atoms with E-state index in [-0.39, 0.29) is 17.5 Å². The zero-order valence-electron chi connectivity index (χ0n) is 11.1. The van der Waals surface area contributed by atoms with E-state index in [1.807, 2.05) is 6.92 Å². The van der Waals surface area contributed by atoms with E-state index >= 15 is 0 Å². The van der Waals surface area contributed by atoms with E-state index < -0.39 is 17.5 Å². The Hall–Kier alpha value is -2.68. The highest BCUT2D eigenvalue weighted by Gasteiger charge is 2.17. The Labute approximate surface area is 126 Å². The standard InChI is InChI=1S/C13H8F2N4O2S/c1-6-16-10(5-22-6)12-18-19-13(21-12)17-11(20)8-3-2-7(14)4-9(8)15/h2-5H,1H3,(H,17,19,20). The van der Waals surface area contributed by atoms with Gasteiger partial charge in [0.05, 0.1) is 10.6 Å². The van der Waals surface area contributed by atoms with E-state index in [1.165, 1.54) is 11.3 Å². The van der Waals surface area contributed by atoms with E-state index in [0.29, 0.717) is 11.8 Å². The first kappa shape index (κ1) is 14.3. The van der Waals surface area contributed by atoms with Crippen LogP contribution in [-0.2, 0) is 0 Å². The molecule has 0 aliphatic carbocycles. The van der Waals surface area contributed by atoms with Crippen molar-refractivity contribution in [3.8, 4) is 11.6 Å². The summed E-state index contributed by atoms with van der Waals surface area (Å²) >= 11 is 1.41. The molecule has 0 radical (unpaired) electrons. The van der Waals surface area contributed by atoms with Gasteiger partial charge in [-0.2, -0.15) is 0 Å². The molecule has 9 heteroatoms. The van der Waals surface area contributed by atoms with Gasteiger partial charge in [-0.1, -0.05) is 5.10 Å². The predicted molar refractivity (Wildman–Crippen MR) is 74.5 cm³/mol. The van der Waals surface area contributed by atoms with Crippen LogP contribution in [0.3, 0.4) is 0 Å². The minimum Gasteiger partial charge on any atom is -0.401 e. The first-order valence-corrected chi connectivity index (χ1v) is 6.93. The number of anilines is 1. The van der Waals surface area contributed by atoms with Crippen molar-refractivity contribution in [2.75, 3.05) is 5.32 Å². The third-order valence-electron chi connectivity index (χ3n) is 2.66. The normalized spacial score (nSPS) is 10.7. The maximum atomic E-state index is 13.5. The fourth-order valence-electron chi connectivity index (χ4n) is 1.68. The maximum Gasteiger partial charge on any atom is 0.322 e. The molecule has 0 fully saturated rings. The van der Waals surface area contributed by atoms with Crippen molar-refractivity contribution in [1.29, 1.82) is 0 Å². The van der Waals surface area contributed by atoms with Gasteiger partial charge in [0.2, 0.25) is 0 Å². The van der Waals surface area contributed by atoms with Gasteiger partial charge < -0.3 is 4.42 Å². The molecular formula is C13H8F2N4O2S. The molecular weight excluding hydrogens is 314 g/mol. The summed E-state index contributed by atoms with van der Waals surface area (Å²) in [5.41, 5.74) is 0.161. The van der Waals surface area contributed by atoms with Gasteiger partial charge in [-0.25, -0.2) is 13.8 Å². The predicted octanol–water partition coefficient (Wildman–Crippen LogP) is 3.03. The summed E-state index contributed by atoms with van der Waals surface area (Å²) in [7, 11) is 0. The Kier molecular flexibility index (Phi) is 3.63. The molecule has 2 aromatic heterocycles. The van der Waals surface area contributed by atoms with E-state index in [2.05, 4.69) is 20.5 Å². The Balaban J connectivity index is 1.79. The van der Waals surface area contributed by atoms with Gasteiger partial charge in [0.25, 0.3) is 11.8 Å². The molecule has 1 aromatic carbocycles. The van der Waals surface area contributed by atoms with Crippen LogP contribution in [-0.4, -0.2) is 21.1 Å². The van der Waals surface area contributed by atoms with Crippen molar-refractivity contribution in [3.05, 3.63) is 45.8 Å². The van der Waals surface area contributed by atoms with Gasteiger partial charge >= 0.3 is 6.01 Å². The Morgan fingerprint density at radius 2 is 2.14 bits per heavy atom. The van der Waals surface area contributed by atoms with Crippen LogP contribution in [0.2, 0.25) is 0 Å². The number of halogens is 2. The second-order valence-corrected chi connectivity index (χ2v) is 5.30.